The normalized spacial score (nSPS) is 35.2. The maximum Gasteiger partial charge on any atom is 0.303 e. The molecule has 2 rings (SSSR count). The van der Waals surface area contributed by atoms with E-state index in [1.807, 2.05) is 0 Å². The molecule has 0 saturated carbocycles. The summed E-state index contributed by atoms with van der Waals surface area (Å²) in [5, 5.41) is 39.5. The van der Waals surface area contributed by atoms with E-state index in [4.69, 9.17) is 43.0 Å². The summed E-state index contributed by atoms with van der Waals surface area (Å²) in [4.78, 5) is 47.4. The summed E-state index contributed by atoms with van der Waals surface area (Å²) in [6.07, 6.45) is -15.1. The molecule has 0 radical (unpaired) electrons. The second-order valence-corrected chi connectivity index (χ2v) is 8.43. The fraction of sp³-hybridized carbons (Fsp3) is 0.818. The zero-order valence-corrected chi connectivity index (χ0v) is 21.3. The lowest BCUT2D eigenvalue weighted by atomic mass is 9.96. The fourth-order valence-corrected chi connectivity index (χ4v) is 4.08. The van der Waals surface area contributed by atoms with E-state index in [0.29, 0.717) is 0 Å². The number of carbonyl (C=O) groups is 4. The first-order valence-corrected chi connectivity index (χ1v) is 11.7. The number of rotatable bonds is 11. The molecule has 0 aliphatic carbocycles. The molecule has 0 aromatic rings. The van der Waals surface area contributed by atoms with Crippen LogP contribution in [0.3, 0.4) is 0 Å². The van der Waals surface area contributed by atoms with Crippen LogP contribution in [0.1, 0.15) is 27.7 Å². The molecular weight excluding hydrogens is 520 g/mol. The fourth-order valence-electron chi connectivity index (χ4n) is 4.08. The molecule has 2 heterocycles. The van der Waals surface area contributed by atoms with Gasteiger partial charge >= 0.3 is 23.9 Å². The van der Waals surface area contributed by atoms with Gasteiger partial charge in [-0.1, -0.05) is 0 Å². The maximum absolute atomic E-state index is 12.0. The van der Waals surface area contributed by atoms with Gasteiger partial charge in [0.25, 0.3) is 0 Å². The molecule has 0 aromatic carbocycles. The molecule has 3 unspecified atom stereocenters. The quantitative estimate of drug-likeness (QED) is 0.147. The molecule has 218 valence electrons. The Morgan fingerprint density at radius 3 is 1.55 bits per heavy atom. The highest BCUT2D eigenvalue weighted by Crippen LogP contribution is 2.34. The lowest BCUT2D eigenvalue weighted by molar-refractivity contribution is -0.361. The zero-order valence-electron chi connectivity index (χ0n) is 21.3. The van der Waals surface area contributed by atoms with Gasteiger partial charge in [0.15, 0.2) is 37.0 Å². The van der Waals surface area contributed by atoms with Gasteiger partial charge in [0.1, 0.15) is 24.4 Å². The average molecular weight is 554 g/mol. The molecule has 38 heavy (non-hydrogen) atoms. The summed E-state index contributed by atoms with van der Waals surface area (Å²) >= 11 is 0. The van der Waals surface area contributed by atoms with E-state index in [0.717, 1.165) is 27.7 Å². The van der Waals surface area contributed by atoms with E-state index in [-0.39, 0.29) is 6.61 Å². The van der Waals surface area contributed by atoms with Gasteiger partial charge < -0.3 is 58.3 Å². The van der Waals surface area contributed by atoms with Gasteiger partial charge in [0, 0.05) is 27.7 Å². The Hall–Kier alpha value is -2.44. The van der Waals surface area contributed by atoms with Crippen molar-refractivity contribution in [1.29, 1.82) is 0 Å². The molecule has 0 aromatic heterocycles. The van der Waals surface area contributed by atoms with Crippen molar-refractivity contribution in [3.8, 4) is 0 Å². The molecule has 2 aliphatic rings. The van der Waals surface area contributed by atoms with Crippen molar-refractivity contribution in [2.45, 2.75) is 89.1 Å². The number of hydrogen-bond acceptors (Lipinski definition) is 16. The lowest BCUT2D eigenvalue weighted by Gasteiger charge is -2.48. The van der Waals surface area contributed by atoms with Crippen molar-refractivity contribution in [3.63, 3.8) is 0 Å². The van der Waals surface area contributed by atoms with Crippen molar-refractivity contribution < 1.29 is 77.5 Å². The first-order valence-electron chi connectivity index (χ1n) is 11.7. The SMILES string of the molecule is CC(=O)OC1[C@@H](OC(C)=O)C(O[C@H]2[C@H](OC(C)=O)[C@@H](OC(C)=O)C(OCCO)O[C@@H]2CO)O[C@H](CO)[C@H]1O. The number of carbonyl (C=O) groups excluding carboxylic acids is 4. The number of aliphatic hydroxyl groups excluding tert-OH is 4. The molecule has 0 spiro atoms. The van der Waals surface area contributed by atoms with Gasteiger partial charge in [-0.25, -0.2) is 0 Å². The van der Waals surface area contributed by atoms with Gasteiger partial charge in [-0.2, -0.15) is 0 Å². The third-order valence-corrected chi connectivity index (χ3v) is 5.44. The van der Waals surface area contributed by atoms with Crippen LogP contribution in [0.15, 0.2) is 0 Å². The Balaban J connectivity index is 2.51. The minimum Gasteiger partial charge on any atom is -0.455 e. The van der Waals surface area contributed by atoms with Gasteiger partial charge in [0.05, 0.1) is 26.4 Å². The predicted molar refractivity (Wildman–Crippen MR) is 118 cm³/mol. The minimum atomic E-state index is -1.68. The monoisotopic (exact) mass is 554 g/mol. The predicted octanol–water partition coefficient (Wildman–Crippen LogP) is -3.10. The lowest BCUT2D eigenvalue weighted by Crippen LogP contribution is -2.66. The van der Waals surface area contributed by atoms with Crippen molar-refractivity contribution in [3.05, 3.63) is 0 Å². The van der Waals surface area contributed by atoms with Gasteiger partial charge in [-0.3, -0.25) is 19.2 Å². The van der Waals surface area contributed by atoms with E-state index >= 15 is 0 Å². The van der Waals surface area contributed by atoms with Crippen LogP contribution in [0, 0.1) is 0 Å². The molecule has 2 fully saturated rings. The van der Waals surface area contributed by atoms with Gasteiger partial charge in [0.2, 0.25) is 0 Å². The number of esters is 4. The van der Waals surface area contributed by atoms with Crippen molar-refractivity contribution in [2.24, 2.45) is 0 Å². The molecule has 2 aliphatic heterocycles. The highest BCUT2D eigenvalue weighted by atomic mass is 16.8. The van der Waals surface area contributed by atoms with Gasteiger partial charge in [-0.05, 0) is 0 Å². The van der Waals surface area contributed by atoms with Crippen LogP contribution in [-0.4, -0.2) is 132 Å². The summed E-state index contributed by atoms with van der Waals surface area (Å²) in [6, 6.07) is 0. The van der Waals surface area contributed by atoms with Crippen LogP contribution >= 0.6 is 0 Å². The first-order chi connectivity index (χ1) is 17.9. The molecule has 16 nitrogen and oxygen atoms in total. The van der Waals surface area contributed by atoms with Crippen LogP contribution in [0.5, 0.6) is 0 Å². The summed E-state index contributed by atoms with van der Waals surface area (Å²) in [5.74, 6) is -3.39. The first kappa shape index (κ1) is 31.8. The molecule has 16 heteroatoms. The van der Waals surface area contributed by atoms with E-state index in [1.165, 1.54) is 0 Å². The number of hydrogen-bond donors (Lipinski definition) is 4. The molecular formula is C22H34O16. The Labute approximate surface area is 217 Å². The Bertz CT molecular complexity index is 819. The molecule has 2 saturated heterocycles. The van der Waals surface area contributed by atoms with E-state index in [1.54, 1.807) is 0 Å². The summed E-state index contributed by atoms with van der Waals surface area (Å²) in [5.41, 5.74) is 0. The van der Waals surface area contributed by atoms with Crippen LogP contribution < -0.4 is 0 Å². The second kappa shape index (κ2) is 14.6. The van der Waals surface area contributed by atoms with Crippen LogP contribution in [0.4, 0.5) is 0 Å². The van der Waals surface area contributed by atoms with Crippen molar-refractivity contribution in [1.82, 2.24) is 0 Å². The van der Waals surface area contributed by atoms with Crippen molar-refractivity contribution in [2.75, 3.05) is 26.4 Å². The largest absolute Gasteiger partial charge is 0.455 e. The van der Waals surface area contributed by atoms with Crippen LogP contribution in [0.25, 0.3) is 0 Å². The molecule has 0 bridgehead atoms. The summed E-state index contributed by atoms with van der Waals surface area (Å²) in [7, 11) is 0. The van der Waals surface area contributed by atoms with Gasteiger partial charge in [-0.15, -0.1) is 0 Å². The van der Waals surface area contributed by atoms with Crippen LogP contribution in [-0.2, 0) is 57.1 Å². The number of aliphatic hydroxyl groups is 4. The van der Waals surface area contributed by atoms with E-state index < -0.39 is 105 Å². The smallest absolute Gasteiger partial charge is 0.303 e. The molecule has 10 atom stereocenters. The third-order valence-electron chi connectivity index (χ3n) is 5.44. The second-order valence-electron chi connectivity index (χ2n) is 8.43. The Morgan fingerprint density at radius 1 is 0.632 bits per heavy atom. The van der Waals surface area contributed by atoms with E-state index in [9.17, 15) is 34.5 Å². The summed E-state index contributed by atoms with van der Waals surface area (Å²) < 4.78 is 43.6. The van der Waals surface area contributed by atoms with Crippen LogP contribution in [0.2, 0.25) is 0 Å². The highest BCUT2D eigenvalue weighted by molar-refractivity contribution is 5.68. The zero-order chi connectivity index (χ0) is 28.6. The Morgan fingerprint density at radius 2 is 1.08 bits per heavy atom. The standard InChI is InChI=1S/C22H34O16/c1-9(26)32-17-15(30)13(7-24)36-22(19(17)34-11(3)28)38-16-14(8-25)37-21(31-6-5-23)20(35-12(4)29)18(16)33-10(2)27/h13-25,30H,5-8H2,1-4H3/t13-,14-,15-,16-,17?,18+,19-,20-,21?,22?/m1/s1. The minimum absolute atomic E-state index is 0.265. The highest BCUT2D eigenvalue weighted by Gasteiger charge is 2.56. The van der Waals surface area contributed by atoms with E-state index in [2.05, 4.69) is 0 Å². The third kappa shape index (κ3) is 8.28. The Kier molecular flexibility index (Phi) is 12.2. The number of ether oxygens (including phenoxy) is 8. The van der Waals surface area contributed by atoms with Crippen molar-refractivity contribution >= 4 is 23.9 Å². The molecule has 4 N–H and O–H groups in total. The topological polar surface area (TPSA) is 223 Å². The molecule has 0 amide bonds. The maximum atomic E-state index is 12.0. The summed E-state index contributed by atoms with van der Waals surface area (Å²) in [6.45, 7) is 1.99. The average Bonchev–Trinajstić information content (AvgIpc) is 2.83.